The van der Waals surface area contributed by atoms with Crippen molar-refractivity contribution in [2.24, 2.45) is 5.41 Å². The molecule has 3 atom stereocenters. The highest BCUT2D eigenvalue weighted by molar-refractivity contribution is 7.46. The molecule has 5 aromatic rings. The molecule has 0 spiro atoms. The van der Waals surface area contributed by atoms with E-state index < -0.39 is 56.4 Å². The summed E-state index contributed by atoms with van der Waals surface area (Å²) in [5.74, 6) is -2.74. The van der Waals surface area contributed by atoms with E-state index in [1.54, 1.807) is 67.5 Å². The number of rotatable bonds is 13. The molecule has 11 rings (SSSR count). The minimum absolute atomic E-state index is 0.118. The topological polar surface area (TPSA) is 257 Å². The van der Waals surface area contributed by atoms with E-state index in [-0.39, 0.29) is 52.9 Å². The van der Waals surface area contributed by atoms with Crippen molar-refractivity contribution in [3.63, 3.8) is 0 Å². The molecule has 79 heavy (non-hydrogen) atoms. The quantitative estimate of drug-likeness (QED) is 0.0796. The van der Waals surface area contributed by atoms with E-state index in [2.05, 4.69) is 59.8 Å². The van der Waals surface area contributed by atoms with Crippen molar-refractivity contribution in [3.05, 3.63) is 101 Å². The lowest BCUT2D eigenvalue weighted by atomic mass is 9.89. The zero-order chi connectivity index (χ0) is 58.5. The number of anilines is 5. The Morgan fingerprint density at radius 2 is 1.61 bits per heavy atom. The molecular weight excluding hydrogens is 1030 g/mol. The van der Waals surface area contributed by atoms with Gasteiger partial charge in [-0.1, -0.05) is 13.8 Å². The summed E-state index contributed by atoms with van der Waals surface area (Å²) in [7, 11) is -7.90. The summed E-state index contributed by atoms with van der Waals surface area (Å²) in [6.07, 6.45) is 6.29. The first-order valence-electron chi connectivity index (χ1n) is 28.2. The molecule has 1 unspecified atom stereocenters. The first-order chi connectivity index (χ1) is 38.6. The number of fused-ring (bicyclic) bond motifs is 4. The second kappa shape index (κ2) is 20.2. The number of methoxy groups -OCH3 is 1. The van der Waals surface area contributed by atoms with Crippen molar-refractivity contribution in [2.45, 2.75) is 117 Å². The van der Waals surface area contributed by atoms with E-state index in [1.807, 2.05) is 12.1 Å². The SMILES string of the molecule is [2H]C([2H])([2H])Oc1ncc(-c2ccnc(N3CCn4c(cc5c4CC(C)(C)C5)C3=O)c2C(C)(C)O)cc1Nc1ccc(N2CCN(C3CCN(c4ccc5c(c4)C(=O)N([C@H]4CCC(=O)N(C(C)OP(=O)(O)O)C4=O)C5=O)CC3)C[C@@H]2C)cn1. The summed E-state index contributed by atoms with van der Waals surface area (Å²) < 4.78 is 47.3. The van der Waals surface area contributed by atoms with Gasteiger partial charge in [-0.15, -0.1) is 0 Å². The zero-order valence-electron chi connectivity index (χ0n) is 47.9. The van der Waals surface area contributed by atoms with Crippen LogP contribution in [0.2, 0.25) is 0 Å². The third kappa shape index (κ3) is 10.1. The van der Waals surface area contributed by atoms with Gasteiger partial charge in [0, 0.05) is 99.2 Å². The Morgan fingerprint density at radius 3 is 2.32 bits per heavy atom. The fourth-order valence-corrected chi connectivity index (χ4v) is 13.2. The zero-order valence-corrected chi connectivity index (χ0v) is 45.8. The van der Waals surface area contributed by atoms with Gasteiger partial charge in [-0.2, -0.15) is 0 Å². The van der Waals surface area contributed by atoms with E-state index in [4.69, 9.17) is 13.8 Å². The lowest BCUT2D eigenvalue weighted by molar-refractivity contribution is -0.161. The second-order valence-corrected chi connectivity index (χ2v) is 24.0. The molecule has 0 bridgehead atoms. The first-order valence-corrected chi connectivity index (χ1v) is 28.2. The number of amides is 5. The molecule has 6 aliphatic rings. The average molecular weight is 1100 g/mol. The van der Waals surface area contributed by atoms with Crippen LogP contribution in [0.1, 0.15) is 119 Å². The number of phosphoric acid groups is 1. The van der Waals surface area contributed by atoms with Crippen LogP contribution >= 0.6 is 7.82 Å². The summed E-state index contributed by atoms with van der Waals surface area (Å²) in [6, 6.07) is 13.2. The molecule has 23 heteroatoms. The number of benzene rings is 1. The Hall–Kier alpha value is -7.07. The van der Waals surface area contributed by atoms with Crippen LogP contribution < -0.4 is 24.8 Å². The maximum atomic E-state index is 14.3. The molecule has 22 nitrogen and oxygen atoms in total. The van der Waals surface area contributed by atoms with Crippen LogP contribution in [0.5, 0.6) is 5.88 Å². The van der Waals surface area contributed by atoms with Crippen molar-refractivity contribution in [3.8, 4) is 17.0 Å². The van der Waals surface area contributed by atoms with Crippen LogP contribution in [0, 0.1) is 5.41 Å². The van der Waals surface area contributed by atoms with Gasteiger partial charge in [0.25, 0.3) is 23.6 Å². The molecule has 4 aromatic heterocycles. The van der Waals surface area contributed by atoms with Gasteiger partial charge < -0.3 is 39.3 Å². The van der Waals surface area contributed by atoms with Crippen LogP contribution in [0.3, 0.4) is 0 Å². The minimum atomic E-state index is -5.08. The van der Waals surface area contributed by atoms with Gasteiger partial charge in [0.1, 0.15) is 35.3 Å². The Morgan fingerprint density at radius 1 is 0.848 bits per heavy atom. The fourth-order valence-electron chi connectivity index (χ4n) is 12.7. The van der Waals surface area contributed by atoms with E-state index in [0.29, 0.717) is 71.1 Å². The number of carbonyl (C=O) groups is 5. The predicted molar refractivity (Wildman–Crippen MR) is 292 cm³/mol. The van der Waals surface area contributed by atoms with Gasteiger partial charge in [-0.25, -0.2) is 19.5 Å². The van der Waals surface area contributed by atoms with Crippen molar-refractivity contribution >= 4 is 66.1 Å². The highest BCUT2D eigenvalue weighted by Gasteiger charge is 2.49. The van der Waals surface area contributed by atoms with E-state index in [0.717, 1.165) is 68.5 Å². The molecule has 1 aliphatic carbocycles. The largest absolute Gasteiger partial charge is 0.480 e. The first kappa shape index (κ1) is 50.2. The number of ether oxygens (including phenoxy) is 1. The van der Waals surface area contributed by atoms with Gasteiger partial charge in [0.05, 0.1) is 39.8 Å². The van der Waals surface area contributed by atoms with Crippen molar-refractivity contribution < 1.29 is 56.8 Å². The van der Waals surface area contributed by atoms with Crippen molar-refractivity contribution in [1.29, 1.82) is 0 Å². The van der Waals surface area contributed by atoms with Crippen molar-refractivity contribution in [2.75, 3.05) is 66.3 Å². The van der Waals surface area contributed by atoms with Crippen LogP contribution in [-0.4, -0.2) is 149 Å². The Labute approximate surface area is 461 Å². The van der Waals surface area contributed by atoms with E-state index >= 15 is 0 Å². The normalized spacial score (nSPS) is 22.2. The van der Waals surface area contributed by atoms with Crippen LogP contribution in [0.4, 0.5) is 28.7 Å². The molecule has 5 amide bonds. The number of nitrogens with zero attached hydrogens (tertiary/aromatic N) is 10. The number of piperazine rings is 1. The molecular formula is C56H66N11O11P. The lowest BCUT2D eigenvalue weighted by Crippen LogP contribution is -2.58. The summed E-state index contributed by atoms with van der Waals surface area (Å²) in [5, 5.41) is 15.0. The van der Waals surface area contributed by atoms with Gasteiger partial charge in [0.2, 0.25) is 11.8 Å². The number of hydrogen-bond donors (Lipinski definition) is 4. The number of carbonyl (C=O) groups excluding carboxylic acids is 5. The Kier molecular flexibility index (Phi) is 12.8. The number of piperidine rings is 2. The number of likely N-dealkylation sites (tertiary alicyclic amines) is 1. The molecule has 5 aliphatic heterocycles. The third-order valence-corrected chi connectivity index (χ3v) is 16.9. The van der Waals surface area contributed by atoms with Crippen molar-refractivity contribution in [1.82, 2.24) is 34.2 Å². The smallest absolute Gasteiger partial charge is 0.471 e. The van der Waals surface area contributed by atoms with Crippen LogP contribution in [0.25, 0.3) is 11.1 Å². The van der Waals surface area contributed by atoms with Gasteiger partial charge in [0.15, 0.2) is 0 Å². The van der Waals surface area contributed by atoms with E-state index in [9.17, 15) is 43.4 Å². The standard InChI is InChI=1S/C56H66N11O11P/c1-32-31-62(36-15-18-61(19-16-36)37-8-10-40-41(26-37)52(70)67(51(40)69)43-11-13-47(68)66(54(43)72)33(2)78-79(74,75)76)20-21-63(32)38-9-12-46(58-30-38)60-42-24-35(29-59-50(42)77-7)39-14-17-57-49(48(39)56(5,6)73)65-23-22-64-44(53(65)71)25-34-27-55(3,4)28-45(34)64/h8-10,12,14,17,24-26,29-30,32-33,36,43,73H,11,13,15-16,18-23,27-28,31H2,1-7H3,(H,58,60)(H2,74,75,76)/t32-,33?,43-/m0/s1/i7D3. The number of hydrogen-bond acceptors (Lipinski definition) is 16. The molecule has 3 saturated heterocycles. The predicted octanol–water partition coefficient (Wildman–Crippen LogP) is 5.85. The molecule has 4 N–H and O–H groups in total. The monoisotopic (exact) mass is 1100 g/mol. The minimum Gasteiger partial charge on any atom is -0.480 e. The van der Waals surface area contributed by atoms with Crippen LogP contribution in [0.15, 0.2) is 67.1 Å². The average Bonchev–Trinajstić information content (AvgIpc) is 2.56. The van der Waals surface area contributed by atoms with Gasteiger partial charge in [-0.3, -0.25) is 48.1 Å². The second-order valence-electron chi connectivity index (χ2n) is 22.8. The molecule has 1 aromatic carbocycles. The molecule has 9 heterocycles. The Bertz CT molecular complexity index is 3470. The Balaban J connectivity index is 0.735. The molecule has 3 fully saturated rings. The maximum Gasteiger partial charge on any atom is 0.471 e. The van der Waals surface area contributed by atoms with Crippen LogP contribution in [-0.2, 0) is 43.7 Å². The fraction of sp³-hybridized carbons (Fsp3) is 0.464. The summed E-state index contributed by atoms with van der Waals surface area (Å²) >= 11 is 0. The number of aliphatic hydroxyl groups is 1. The third-order valence-electron chi connectivity index (χ3n) is 16.3. The maximum absolute atomic E-state index is 14.3. The van der Waals surface area contributed by atoms with Gasteiger partial charge in [-0.05, 0) is 125 Å². The molecule has 0 saturated carbocycles. The number of aromatic nitrogens is 4. The highest BCUT2D eigenvalue weighted by atomic mass is 31.2. The summed E-state index contributed by atoms with van der Waals surface area (Å²) in [5.41, 5.74) is 5.20. The number of imide groups is 2. The highest BCUT2D eigenvalue weighted by Crippen LogP contribution is 2.44. The van der Waals surface area contributed by atoms with E-state index in [1.165, 1.54) is 17.5 Å². The lowest BCUT2D eigenvalue weighted by Gasteiger charge is -2.46. The number of nitrogens with one attached hydrogen (secondary N) is 1. The van der Waals surface area contributed by atoms with Gasteiger partial charge >= 0.3 is 7.82 Å². The number of phosphoric ester groups is 1. The summed E-state index contributed by atoms with van der Waals surface area (Å²) in [6.45, 7) is 15.7. The number of pyridine rings is 3. The molecule has 416 valence electrons. The molecule has 0 radical (unpaired) electrons. The summed E-state index contributed by atoms with van der Waals surface area (Å²) in [4.78, 5) is 110.